The second-order valence-electron chi connectivity index (χ2n) is 5.51. The Morgan fingerprint density at radius 3 is 2.96 bits per heavy atom. The Hall–Kier alpha value is -3.26. The highest BCUT2D eigenvalue weighted by Gasteiger charge is 2.12. The van der Waals surface area contributed by atoms with Gasteiger partial charge in [-0.1, -0.05) is 18.2 Å². The largest absolute Gasteiger partial charge is 0.417 e. The number of aromatic nitrogens is 2. The van der Waals surface area contributed by atoms with E-state index in [0.29, 0.717) is 21.8 Å². The third kappa shape index (κ3) is 3.14. The number of hydrogen-bond donors (Lipinski definition) is 2. The molecule has 130 valence electrons. The minimum absolute atomic E-state index is 0.00258. The summed E-state index contributed by atoms with van der Waals surface area (Å²) in [7, 11) is 0. The number of carbonyl (C=O) groups is 1. The van der Waals surface area contributed by atoms with E-state index in [1.807, 2.05) is 11.4 Å². The van der Waals surface area contributed by atoms with Gasteiger partial charge >= 0.3 is 5.76 Å². The summed E-state index contributed by atoms with van der Waals surface area (Å²) >= 11 is 1.38. The van der Waals surface area contributed by atoms with E-state index >= 15 is 0 Å². The van der Waals surface area contributed by atoms with Crippen LogP contribution in [0.25, 0.3) is 22.4 Å². The molecule has 0 aliphatic carbocycles. The highest BCUT2D eigenvalue weighted by atomic mass is 32.1. The molecule has 0 saturated carbocycles. The van der Waals surface area contributed by atoms with Gasteiger partial charge in [0.2, 0.25) is 0 Å². The summed E-state index contributed by atoms with van der Waals surface area (Å²) in [6.45, 7) is 0.194. The molecule has 0 saturated heterocycles. The Morgan fingerprint density at radius 1 is 1.27 bits per heavy atom. The predicted octanol–water partition coefficient (Wildman–Crippen LogP) is 3.31. The fourth-order valence-corrected chi connectivity index (χ4v) is 3.27. The van der Waals surface area contributed by atoms with Gasteiger partial charge in [-0.25, -0.2) is 14.2 Å². The topological polar surface area (TPSA) is 88.0 Å². The van der Waals surface area contributed by atoms with Crippen LogP contribution >= 0.6 is 11.3 Å². The maximum absolute atomic E-state index is 13.6. The Labute approximate surface area is 150 Å². The molecule has 0 aliphatic rings. The molecule has 8 heteroatoms. The van der Waals surface area contributed by atoms with E-state index in [0.717, 1.165) is 5.56 Å². The van der Waals surface area contributed by atoms with Crippen LogP contribution < -0.4 is 11.1 Å². The number of nitrogens with one attached hydrogen (secondary N) is 2. The molecule has 2 aromatic heterocycles. The third-order valence-electron chi connectivity index (χ3n) is 3.79. The number of oxazole rings is 1. The third-order valence-corrected chi connectivity index (χ3v) is 4.64. The molecule has 4 rings (SSSR count). The number of benzene rings is 2. The van der Waals surface area contributed by atoms with Crippen molar-refractivity contribution in [1.29, 1.82) is 0 Å². The van der Waals surface area contributed by atoms with E-state index in [2.05, 4.69) is 15.3 Å². The van der Waals surface area contributed by atoms with Gasteiger partial charge in [-0.05, 0) is 24.3 Å². The number of thiazole rings is 1. The molecule has 2 N–H and O–H groups in total. The van der Waals surface area contributed by atoms with Crippen molar-refractivity contribution in [3.63, 3.8) is 0 Å². The Balaban J connectivity index is 1.49. The summed E-state index contributed by atoms with van der Waals surface area (Å²) in [6, 6.07) is 11.1. The van der Waals surface area contributed by atoms with Gasteiger partial charge in [-0.15, -0.1) is 11.3 Å². The smallest absolute Gasteiger partial charge is 0.408 e. The Kier molecular flexibility index (Phi) is 4.10. The molecule has 4 aromatic rings. The standard InChI is InChI=1S/C18H12FN3O3S/c19-12-4-2-1-3-11(12)17(23)20-8-16-21-14(9-26-16)10-5-6-13-15(7-10)25-18(24)22-13/h1-7,9H,8H2,(H,20,23)(H,22,24). The lowest BCUT2D eigenvalue weighted by Gasteiger charge is -2.04. The van der Waals surface area contributed by atoms with Gasteiger partial charge in [-0.2, -0.15) is 0 Å². The van der Waals surface area contributed by atoms with Crippen molar-refractivity contribution in [3.8, 4) is 11.3 Å². The van der Waals surface area contributed by atoms with Crippen molar-refractivity contribution in [1.82, 2.24) is 15.3 Å². The molecule has 0 fully saturated rings. The van der Waals surface area contributed by atoms with Gasteiger partial charge in [-0.3, -0.25) is 9.78 Å². The van der Waals surface area contributed by atoms with E-state index < -0.39 is 17.5 Å². The molecule has 0 spiro atoms. The molecular weight excluding hydrogens is 357 g/mol. The number of H-pyrrole nitrogens is 1. The zero-order valence-corrected chi connectivity index (χ0v) is 14.1. The van der Waals surface area contributed by atoms with E-state index in [9.17, 15) is 14.0 Å². The number of carbonyl (C=O) groups excluding carboxylic acids is 1. The van der Waals surface area contributed by atoms with Crippen LogP contribution in [0.3, 0.4) is 0 Å². The lowest BCUT2D eigenvalue weighted by Crippen LogP contribution is -2.23. The van der Waals surface area contributed by atoms with Gasteiger partial charge in [0, 0.05) is 10.9 Å². The second-order valence-corrected chi connectivity index (χ2v) is 6.46. The van der Waals surface area contributed by atoms with Gasteiger partial charge in [0.15, 0.2) is 5.58 Å². The fourth-order valence-electron chi connectivity index (χ4n) is 2.53. The lowest BCUT2D eigenvalue weighted by molar-refractivity contribution is 0.0947. The minimum Gasteiger partial charge on any atom is -0.408 e. The number of hydrogen-bond acceptors (Lipinski definition) is 5. The number of fused-ring (bicyclic) bond motifs is 1. The molecule has 2 heterocycles. The number of aromatic amines is 1. The predicted molar refractivity (Wildman–Crippen MR) is 95.5 cm³/mol. The molecule has 1 amide bonds. The molecule has 6 nitrogen and oxygen atoms in total. The number of amides is 1. The molecule has 0 atom stereocenters. The van der Waals surface area contributed by atoms with Crippen molar-refractivity contribution in [3.05, 3.63) is 74.8 Å². The number of halogens is 1. The maximum Gasteiger partial charge on any atom is 0.417 e. The van der Waals surface area contributed by atoms with Crippen LogP contribution in [0.15, 0.2) is 57.1 Å². The lowest BCUT2D eigenvalue weighted by atomic mass is 10.1. The van der Waals surface area contributed by atoms with Crippen molar-refractivity contribution < 1.29 is 13.6 Å². The Morgan fingerprint density at radius 2 is 2.12 bits per heavy atom. The fraction of sp³-hybridized carbons (Fsp3) is 0.0556. The maximum atomic E-state index is 13.6. The summed E-state index contributed by atoms with van der Waals surface area (Å²) in [5.41, 5.74) is 2.57. The van der Waals surface area contributed by atoms with Crippen molar-refractivity contribution in [2.45, 2.75) is 6.54 Å². The van der Waals surface area contributed by atoms with Crippen LogP contribution in [0, 0.1) is 5.82 Å². The van der Waals surface area contributed by atoms with E-state index in [1.54, 1.807) is 18.2 Å². The number of nitrogens with zero attached hydrogens (tertiary/aromatic N) is 1. The molecule has 0 radical (unpaired) electrons. The SMILES string of the molecule is O=C(NCc1nc(-c2ccc3[nH]c(=O)oc3c2)cs1)c1ccccc1F. The highest BCUT2D eigenvalue weighted by Crippen LogP contribution is 2.25. The summed E-state index contributed by atoms with van der Waals surface area (Å²) in [5.74, 6) is -1.56. The van der Waals surface area contributed by atoms with E-state index in [4.69, 9.17) is 4.42 Å². The van der Waals surface area contributed by atoms with Crippen LogP contribution in [0.4, 0.5) is 4.39 Å². The number of rotatable bonds is 4. The minimum atomic E-state index is -0.564. The molecule has 0 aliphatic heterocycles. The van der Waals surface area contributed by atoms with Crippen LogP contribution in [0.5, 0.6) is 0 Å². The van der Waals surface area contributed by atoms with Crippen molar-refractivity contribution in [2.75, 3.05) is 0 Å². The van der Waals surface area contributed by atoms with Crippen LogP contribution in [-0.4, -0.2) is 15.9 Å². The van der Waals surface area contributed by atoms with Crippen LogP contribution in [0.2, 0.25) is 0 Å². The first-order valence-corrected chi connectivity index (χ1v) is 8.58. The van der Waals surface area contributed by atoms with Crippen molar-refractivity contribution in [2.24, 2.45) is 0 Å². The van der Waals surface area contributed by atoms with Crippen LogP contribution in [0.1, 0.15) is 15.4 Å². The van der Waals surface area contributed by atoms with E-state index in [1.165, 1.54) is 29.5 Å². The molecular formula is C18H12FN3O3S. The van der Waals surface area contributed by atoms with Gasteiger partial charge in [0.05, 0.1) is 23.3 Å². The first-order valence-electron chi connectivity index (χ1n) is 7.70. The van der Waals surface area contributed by atoms with Gasteiger partial charge in [0.25, 0.3) is 5.91 Å². The monoisotopic (exact) mass is 369 g/mol. The van der Waals surface area contributed by atoms with Gasteiger partial charge < -0.3 is 9.73 Å². The zero-order valence-electron chi connectivity index (χ0n) is 13.3. The normalized spacial score (nSPS) is 11.0. The summed E-state index contributed by atoms with van der Waals surface area (Å²) in [6.07, 6.45) is 0. The average molecular weight is 369 g/mol. The summed E-state index contributed by atoms with van der Waals surface area (Å²) in [4.78, 5) is 30.3. The second kappa shape index (κ2) is 6.57. The van der Waals surface area contributed by atoms with Gasteiger partial charge in [0.1, 0.15) is 10.8 Å². The Bertz CT molecular complexity index is 1160. The van der Waals surface area contributed by atoms with E-state index in [-0.39, 0.29) is 12.1 Å². The zero-order chi connectivity index (χ0) is 18.1. The first kappa shape index (κ1) is 16.2. The molecule has 0 bridgehead atoms. The first-order chi connectivity index (χ1) is 12.6. The summed E-state index contributed by atoms with van der Waals surface area (Å²) < 4.78 is 18.7. The quantitative estimate of drug-likeness (QED) is 0.578. The molecule has 0 unspecified atom stereocenters. The van der Waals surface area contributed by atoms with Crippen LogP contribution in [-0.2, 0) is 6.54 Å². The molecule has 2 aromatic carbocycles. The average Bonchev–Trinajstić information content (AvgIpc) is 3.24. The molecule has 26 heavy (non-hydrogen) atoms. The van der Waals surface area contributed by atoms with Crippen molar-refractivity contribution >= 4 is 28.3 Å². The highest BCUT2D eigenvalue weighted by molar-refractivity contribution is 7.09. The summed E-state index contributed by atoms with van der Waals surface area (Å²) in [5, 5.41) is 5.18.